The van der Waals surface area contributed by atoms with Crippen molar-refractivity contribution in [3.63, 3.8) is 0 Å². The average molecular weight is 417 g/mol. The molecule has 7 heteroatoms. The maximum atomic E-state index is 8.83. The standard InChI is InChI=1S/C23H20N6.ClH/c24-13-17-1-3-18(4-2-17)14-27-15-19-5-9-21(10-6-19)22-11-7-20(8-12-22)16-28-29-23(25)26;/h1-12,15-16H,14H2,(H4,25,26,29);1H/b27-15?,28-16+;. The van der Waals surface area contributed by atoms with Crippen molar-refractivity contribution in [2.45, 2.75) is 6.54 Å². The molecule has 4 N–H and O–H groups in total. The van der Waals surface area contributed by atoms with E-state index in [9.17, 15) is 0 Å². The number of aliphatic imine (C=N–C) groups is 1. The van der Waals surface area contributed by atoms with Crippen LogP contribution in [0.3, 0.4) is 0 Å². The van der Waals surface area contributed by atoms with E-state index in [2.05, 4.69) is 33.4 Å². The molecule has 6 nitrogen and oxygen atoms in total. The van der Waals surface area contributed by atoms with Crippen molar-refractivity contribution < 1.29 is 0 Å². The van der Waals surface area contributed by atoms with E-state index in [1.165, 1.54) is 0 Å². The van der Waals surface area contributed by atoms with Gasteiger partial charge in [-0.2, -0.15) is 10.4 Å². The number of nitrogens with zero attached hydrogens (tertiary/aromatic N) is 4. The Morgan fingerprint density at radius 3 is 1.83 bits per heavy atom. The van der Waals surface area contributed by atoms with Crippen molar-refractivity contribution in [1.82, 2.24) is 0 Å². The van der Waals surface area contributed by atoms with Gasteiger partial charge in [-0.3, -0.25) is 4.99 Å². The lowest BCUT2D eigenvalue weighted by atomic mass is 10.0. The van der Waals surface area contributed by atoms with Crippen molar-refractivity contribution in [3.8, 4) is 17.2 Å². The minimum Gasteiger partial charge on any atom is -0.369 e. The number of guanidine groups is 1. The van der Waals surface area contributed by atoms with Gasteiger partial charge in [0.25, 0.3) is 0 Å². The van der Waals surface area contributed by atoms with Crippen LogP contribution in [0.1, 0.15) is 22.3 Å². The Morgan fingerprint density at radius 1 is 0.800 bits per heavy atom. The molecule has 0 spiro atoms. The summed E-state index contributed by atoms with van der Waals surface area (Å²) in [5.74, 6) is -0.0709. The lowest BCUT2D eigenvalue weighted by Crippen LogP contribution is -2.21. The van der Waals surface area contributed by atoms with Gasteiger partial charge < -0.3 is 11.5 Å². The predicted octanol–water partition coefficient (Wildman–Crippen LogP) is 3.87. The second kappa shape index (κ2) is 11.1. The number of hydrogen-bond acceptors (Lipinski definition) is 4. The maximum Gasteiger partial charge on any atom is 0.211 e. The van der Waals surface area contributed by atoms with Crippen molar-refractivity contribution in [3.05, 3.63) is 95.1 Å². The molecule has 3 rings (SSSR count). The van der Waals surface area contributed by atoms with Crippen LogP contribution in [-0.2, 0) is 6.54 Å². The molecule has 0 radical (unpaired) electrons. The van der Waals surface area contributed by atoms with Gasteiger partial charge in [0.15, 0.2) is 0 Å². The van der Waals surface area contributed by atoms with Crippen LogP contribution >= 0.6 is 12.4 Å². The summed E-state index contributed by atoms with van der Waals surface area (Å²) in [6, 6.07) is 25.7. The van der Waals surface area contributed by atoms with Crippen molar-refractivity contribution >= 4 is 30.8 Å². The molecule has 0 atom stereocenters. The van der Waals surface area contributed by atoms with Crippen LogP contribution in [0.25, 0.3) is 11.1 Å². The monoisotopic (exact) mass is 416 g/mol. The van der Waals surface area contributed by atoms with Crippen LogP contribution < -0.4 is 11.5 Å². The SMILES string of the molecule is Cl.N#Cc1ccc(CN=Cc2ccc(-c3ccc(/C=N/N=C(N)N)cc3)cc2)cc1. The van der Waals surface area contributed by atoms with Crippen LogP contribution in [0.4, 0.5) is 0 Å². The molecule has 0 saturated heterocycles. The van der Waals surface area contributed by atoms with Gasteiger partial charge in [-0.1, -0.05) is 60.7 Å². The molecule has 0 saturated carbocycles. The van der Waals surface area contributed by atoms with Crippen molar-refractivity contribution in [1.29, 1.82) is 5.26 Å². The fraction of sp³-hybridized carbons (Fsp3) is 0.0435. The number of benzene rings is 3. The van der Waals surface area contributed by atoms with Crippen LogP contribution in [0.15, 0.2) is 88.0 Å². The lowest BCUT2D eigenvalue weighted by molar-refractivity contribution is 1.08. The molecule has 0 aliphatic rings. The molecule has 0 fully saturated rings. The Kier molecular flexibility index (Phi) is 8.30. The van der Waals surface area contributed by atoms with E-state index in [0.29, 0.717) is 12.1 Å². The number of hydrogen-bond donors (Lipinski definition) is 2. The minimum atomic E-state index is -0.0709. The van der Waals surface area contributed by atoms with E-state index in [1.807, 2.05) is 54.7 Å². The lowest BCUT2D eigenvalue weighted by Gasteiger charge is -2.03. The Bertz CT molecular complexity index is 1070. The van der Waals surface area contributed by atoms with E-state index >= 15 is 0 Å². The molecule has 3 aromatic rings. The highest BCUT2D eigenvalue weighted by Crippen LogP contribution is 2.20. The zero-order chi connectivity index (χ0) is 20.5. The largest absolute Gasteiger partial charge is 0.369 e. The van der Waals surface area contributed by atoms with E-state index < -0.39 is 0 Å². The van der Waals surface area contributed by atoms with Gasteiger partial charge in [-0.05, 0) is 39.9 Å². The zero-order valence-corrected chi connectivity index (χ0v) is 17.0. The summed E-state index contributed by atoms with van der Waals surface area (Å²) >= 11 is 0. The second-order valence-corrected chi connectivity index (χ2v) is 6.29. The van der Waals surface area contributed by atoms with Gasteiger partial charge in [-0.15, -0.1) is 17.5 Å². The van der Waals surface area contributed by atoms with Gasteiger partial charge >= 0.3 is 0 Å². The zero-order valence-electron chi connectivity index (χ0n) is 16.1. The van der Waals surface area contributed by atoms with Gasteiger partial charge in [0.2, 0.25) is 5.96 Å². The molecule has 0 aliphatic carbocycles. The molecule has 0 amide bonds. The Hall–Kier alpha value is -3.95. The first-order valence-corrected chi connectivity index (χ1v) is 8.95. The molecule has 0 bridgehead atoms. The number of nitriles is 1. The molecule has 150 valence electrons. The van der Waals surface area contributed by atoms with Gasteiger partial charge in [0.1, 0.15) is 0 Å². The van der Waals surface area contributed by atoms with Gasteiger partial charge in [0.05, 0.1) is 24.4 Å². The second-order valence-electron chi connectivity index (χ2n) is 6.29. The number of rotatable bonds is 6. The van der Waals surface area contributed by atoms with E-state index in [-0.39, 0.29) is 18.4 Å². The topological polar surface area (TPSA) is 113 Å². The smallest absolute Gasteiger partial charge is 0.211 e. The highest BCUT2D eigenvalue weighted by Gasteiger charge is 1.98. The minimum absolute atomic E-state index is 0. The highest BCUT2D eigenvalue weighted by molar-refractivity contribution is 5.85. The fourth-order valence-corrected chi connectivity index (χ4v) is 2.63. The summed E-state index contributed by atoms with van der Waals surface area (Å²) in [4.78, 5) is 4.47. The summed E-state index contributed by atoms with van der Waals surface area (Å²) in [5, 5.41) is 16.2. The summed E-state index contributed by atoms with van der Waals surface area (Å²) in [6.07, 6.45) is 3.45. The first-order chi connectivity index (χ1) is 14.1. The third-order valence-corrected chi connectivity index (χ3v) is 4.13. The molecular formula is C23H21ClN6. The van der Waals surface area contributed by atoms with Crippen LogP contribution in [-0.4, -0.2) is 18.4 Å². The van der Waals surface area contributed by atoms with Crippen LogP contribution in [0, 0.1) is 11.3 Å². The van der Waals surface area contributed by atoms with Crippen molar-refractivity contribution in [2.75, 3.05) is 0 Å². The van der Waals surface area contributed by atoms with Crippen LogP contribution in [0.2, 0.25) is 0 Å². The highest BCUT2D eigenvalue weighted by atomic mass is 35.5. The molecule has 0 aromatic heterocycles. The third-order valence-electron chi connectivity index (χ3n) is 4.13. The fourth-order valence-electron chi connectivity index (χ4n) is 2.63. The van der Waals surface area contributed by atoms with Crippen molar-refractivity contribution in [2.24, 2.45) is 26.7 Å². The summed E-state index contributed by atoms with van der Waals surface area (Å²) < 4.78 is 0. The summed E-state index contributed by atoms with van der Waals surface area (Å²) in [7, 11) is 0. The third kappa shape index (κ3) is 6.59. The Balaban J connectivity index is 0.00000320. The Morgan fingerprint density at radius 2 is 1.33 bits per heavy atom. The summed E-state index contributed by atoms with van der Waals surface area (Å²) in [6.45, 7) is 0.580. The molecule has 30 heavy (non-hydrogen) atoms. The van der Waals surface area contributed by atoms with Crippen LogP contribution in [0.5, 0.6) is 0 Å². The van der Waals surface area contributed by atoms with Gasteiger partial charge in [0, 0.05) is 6.21 Å². The van der Waals surface area contributed by atoms with Gasteiger partial charge in [-0.25, -0.2) is 0 Å². The average Bonchev–Trinajstić information content (AvgIpc) is 2.75. The maximum absolute atomic E-state index is 8.83. The Labute approximate surface area is 181 Å². The number of halogens is 1. The molecular weight excluding hydrogens is 396 g/mol. The quantitative estimate of drug-likeness (QED) is 0.361. The van der Waals surface area contributed by atoms with E-state index in [4.69, 9.17) is 16.7 Å². The first kappa shape index (κ1) is 22.3. The summed E-state index contributed by atoms with van der Waals surface area (Å²) in [5.41, 5.74) is 16.3. The molecule has 0 aliphatic heterocycles. The van der Waals surface area contributed by atoms with E-state index in [1.54, 1.807) is 18.3 Å². The molecule has 0 unspecified atom stereocenters. The normalized spacial score (nSPS) is 10.5. The number of nitrogens with two attached hydrogens (primary N) is 2. The molecule has 3 aromatic carbocycles. The first-order valence-electron chi connectivity index (χ1n) is 8.95. The van der Waals surface area contributed by atoms with E-state index in [0.717, 1.165) is 27.8 Å². The predicted molar refractivity (Wildman–Crippen MR) is 125 cm³/mol. The molecule has 0 heterocycles.